The van der Waals surface area contributed by atoms with Crippen LogP contribution in [-0.2, 0) is 6.42 Å². The predicted molar refractivity (Wildman–Crippen MR) is 82.3 cm³/mol. The van der Waals surface area contributed by atoms with E-state index in [9.17, 15) is 4.39 Å². The molecular weight excluding hydrogens is 249 g/mol. The lowest BCUT2D eigenvalue weighted by Crippen LogP contribution is -2.20. The quantitative estimate of drug-likeness (QED) is 0.767. The molecule has 2 aromatic carbocycles. The van der Waals surface area contributed by atoms with Crippen LogP contribution in [0.1, 0.15) is 36.1 Å². The second-order valence-corrected chi connectivity index (χ2v) is 5.28. The predicted octanol–water partition coefficient (Wildman–Crippen LogP) is 4.42. The molecule has 0 aliphatic heterocycles. The van der Waals surface area contributed by atoms with Crippen LogP contribution in [-0.4, -0.2) is 6.54 Å². The molecule has 2 heteroatoms. The van der Waals surface area contributed by atoms with Gasteiger partial charge in [-0.1, -0.05) is 48.0 Å². The molecule has 0 amide bonds. The van der Waals surface area contributed by atoms with Gasteiger partial charge in [-0.3, -0.25) is 0 Å². The van der Waals surface area contributed by atoms with E-state index in [0.29, 0.717) is 6.04 Å². The molecule has 0 radical (unpaired) electrons. The van der Waals surface area contributed by atoms with Gasteiger partial charge >= 0.3 is 0 Å². The molecule has 0 aliphatic carbocycles. The minimum absolute atomic E-state index is 0.0979. The molecule has 2 aromatic rings. The number of hydrogen-bond acceptors (Lipinski definition) is 1. The maximum Gasteiger partial charge on any atom is 0.126 e. The molecule has 0 aliphatic rings. The third-order valence-electron chi connectivity index (χ3n) is 3.57. The molecule has 1 nitrogen and oxygen atoms in total. The number of nitrogens with one attached hydrogen (secondary N) is 1. The smallest absolute Gasteiger partial charge is 0.126 e. The van der Waals surface area contributed by atoms with Gasteiger partial charge in [-0.05, 0) is 50.4 Å². The van der Waals surface area contributed by atoms with Gasteiger partial charge in [0.1, 0.15) is 5.82 Å². The Morgan fingerprint density at radius 2 is 1.90 bits per heavy atom. The lowest BCUT2D eigenvalue weighted by Gasteiger charge is -2.14. The summed E-state index contributed by atoms with van der Waals surface area (Å²) in [5.41, 5.74) is 3.39. The van der Waals surface area contributed by atoms with E-state index in [1.807, 2.05) is 12.1 Å². The van der Waals surface area contributed by atoms with Crippen molar-refractivity contribution in [3.8, 4) is 0 Å². The number of benzene rings is 2. The summed E-state index contributed by atoms with van der Waals surface area (Å²) in [7, 11) is 0. The van der Waals surface area contributed by atoms with Crippen LogP contribution < -0.4 is 5.32 Å². The molecule has 0 aromatic heterocycles. The van der Waals surface area contributed by atoms with Gasteiger partial charge in [0, 0.05) is 6.04 Å². The molecule has 0 saturated heterocycles. The molecule has 0 heterocycles. The van der Waals surface area contributed by atoms with E-state index in [2.05, 4.69) is 43.4 Å². The molecule has 0 fully saturated rings. The second kappa shape index (κ2) is 7.20. The summed E-state index contributed by atoms with van der Waals surface area (Å²) in [5, 5.41) is 3.49. The molecular formula is C18H22FN. The summed E-state index contributed by atoms with van der Waals surface area (Å²) in [6.45, 7) is 5.16. The van der Waals surface area contributed by atoms with Crippen molar-refractivity contribution in [2.75, 3.05) is 6.54 Å². The molecule has 20 heavy (non-hydrogen) atoms. The van der Waals surface area contributed by atoms with Crippen LogP contribution >= 0.6 is 0 Å². The van der Waals surface area contributed by atoms with Crippen LogP contribution in [0.5, 0.6) is 0 Å². The summed E-state index contributed by atoms with van der Waals surface area (Å²) in [4.78, 5) is 0. The first-order valence-corrected chi connectivity index (χ1v) is 7.20. The lowest BCUT2D eigenvalue weighted by atomic mass is 10.1. The number of aryl methyl sites for hydroxylation is 2. The highest BCUT2D eigenvalue weighted by molar-refractivity contribution is 5.24. The van der Waals surface area contributed by atoms with Crippen LogP contribution in [0.3, 0.4) is 0 Å². The maximum atomic E-state index is 13.5. The minimum Gasteiger partial charge on any atom is -0.310 e. The zero-order valence-corrected chi connectivity index (χ0v) is 12.2. The van der Waals surface area contributed by atoms with E-state index in [4.69, 9.17) is 0 Å². The van der Waals surface area contributed by atoms with Crippen molar-refractivity contribution in [2.45, 2.75) is 32.7 Å². The van der Waals surface area contributed by atoms with Gasteiger partial charge in [0.05, 0.1) is 0 Å². The first-order chi connectivity index (χ1) is 9.66. The number of hydrogen-bond donors (Lipinski definition) is 1. The van der Waals surface area contributed by atoms with E-state index >= 15 is 0 Å². The Hall–Kier alpha value is -1.67. The van der Waals surface area contributed by atoms with E-state index in [1.165, 1.54) is 17.2 Å². The maximum absolute atomic E-state index is 13.5. The third-order valence-corrected chi connectivity index (χ3v) is 3.57. The fourth-order valence-corrected chi connectivity index (χ4v) is 2.36. The molecule has 2 rings (SSSR count). The fraction of sp³-hybridized carbons (Fsp3) is 0.333. The minimum atomic E-state index is -0.0979. The Balaban J connectivity index is 1.77. The largest absolute Gasteiger partial charge is 0.310 e. The third kappa shape index (κ3) is 4.17. The van der Waals surface area contributed by atoms with Gasteiger partial charge in [-0.25, -0.2) is 4.39 Å². The zero-order valence-electron chi connectivity index (χ0n) is 12.2. The van der Waals surface area contributed by atoms with Crippen LogP contribution in [0.25, 0.3) is 0 Å². The van der Waals surface area contributed by atoms with Crippen LogP contribution in [0, 0.1) is 12.7 Å². The highest BCUT2D eigenvalue weighted by Gasteiger charge is 2.05. The first kappa shape index (κ1) is 14.7. The Labute approximate surface area is 120 Å². The molecule has 0 saturated carbocycles. The fourth-order valence-electron chi connectivity index (χ4n) is 2.36. The standard InChI is InChI=1S/C18H22FN/c1-14-7-5-9-17(13-14)15(2)20-12-6-10-16-8-3-4-11-18(16)19/h3-5,7-9,11,13,15,20H,6,10,12H2,1-2H3/t15-/m1/s1. The molecule has 1 N–H and O–H groups in total. The summed E-state index contributed by atoms with van der Waals surface area (Å²) in [5.74, 6) is -0.0979. The molecule has 1 atom stereocenters. The van der Waals surface area contributed by atoms with Crippen molar-refractivity contribution >= 4 is 0 Å². The average Bonchev–Trinajstić information content (AvgIpc) is 2.45. The van der Waals surface area contributed by atoms with Gasteiger partial charge in [-0.2, -0.15) is 0 Å². The van der Waals surface area contributed by atoms with Crippen LogP contribution in [0.4, 0.5) is 4.39 Å². The summed E-state index contributed by atoms with van der Waals surface area (Å²) in [6.07, 6.45) is 1.72. The second-order valence-electron chi connectivity index (χ2n) is 5.28. The van der Waals surface area contributed by atoms with Gasteiger partial charge in [0.15, 0.2) is 0 Å². The Kier molecular flexibility index (Phi) is 5.31. The first-order valence-electron chi connectivity index (χ1n) is 7.20. The Morgan fingerprint density at radius 3 is 2.65 bits per heavy atom. The Bertz CT molecular complexity index is 551. The molecule has 106 valence electrons. The topological polar surface area (TPSA) is 12.0 Å². The average molecular weight is 271 g/mol. The summed E-state index contributed by atoms with van der Waals surface area (Å²) < 4.78 is 13.5. The van der Waals surface area contributed by atoms with Gasteiger partial charge in [-0.15, -0.1) is 0 Å². The van der Waals surface area contributed by atoms with Gasteiger partial charge in [0.25, 0.3) is 0 Å². The number of halogens is 1. The zero-order chi connectivity index (χ0) is 14.4. The van der Waals surface area contributed by atoms with Crippen LogP contribution in [0.15, 0.2) is 48.5 Å². The molecule has 0 spiro atoms. The number of rotatable bonds is 6. The van der Waals surface area contributed by atoms with E-state index in [-0.39, 0.29) is 5.82 Å². The van der Waals surface area contributed by atoms with Crippen LogP contribution in [0.2, 0.25) is 0 Å². The highest BCUT2D eigenvalue weighted by Crippen LogP contribution is 2.14. The lowest BCUT2D eigenvalue weighted by molar-refractivity contribution is 0.549. The molecule has 0 bridgehead atoms. The van der Waals surface area contributed by atoms with E-state index < -0.39 is 0 Å². The molecule has 0 unspecified atom stereocenters. The van der Waals surface area contributed by atoms with Crippen molar-refractivity contribution in [1.29, 1.82) is 0 Å². The van der Waals surface area contributed by atoms with Gasteiger partial charge < -0.3 is 5.32 Å². The highest BCUT2D eigenvalue weighted by atomic mass is 19.1. The van der Waals surface area contributed by atoms with Crippen molar-refractivity contribution in [2.24, 2.45) is 0 Å². The summed E-state index contributed by atoms with van der Waals surface area (Å²) in [6, 6.07) is 15.9. The van der Waals surface area contributed by atoms with E-state index in [0.717, 1.165) is 24.9 Å². The van der Waals surface area contributed by atoms with Crippen molar-refractivity contribution in [3.05, 3.63) is 71.0 Å². The van der Waals surface area contributed by atoms with Crippen molar-refractivity contribution in [1.82, 2.24) is 5.32 Å². The van der Waals surface area contributed by atoms with Crippen molar-refractivity contribution < 1.29 is 4.39 Å². The van der Waals surface area contributed by atoms with Gasteiger partial charge in [0.2, 0.25) is 0 Å². The van der Waals surface area contributed by atoms with E-state index in [1.54, 1.807) is 6.07 Å². The normalized spacial score (nSPS) is 12.3. The SMILES string of the molecule is Cc1cccc([C@@H](C)NCCCc2ccccc2F)c1. The monoisotopic (exact) mass is 271 g/mol. The van der Waals surface area contributed by atoms with Crippen molar-refractivity contribution in [3.63, 3.8) is 0 Å². The Morgan fingerprint density at radius 1 is 1.10 bits per heavy atom. The summed E-state index contributed by atoms with van der Waals surface area (Å²) >= 11 is 0.